The molecule has 0 unspecified atom stereocenters. The van der Waals surface area contributed by atoms with Crippen molar-refractivity contribution in [3.63, 3.8) is 0 Å². The SMILES string of the molecule is O=C(O)CN1N=C(c2ccccc2)CCC1=O. The van der Waals surface area contributed by atoms with E-state index in [2.05, 4.69) is 5.10 Å². The molecule has 1 amide bonds. The fourth-order valence-corrected chi connectivity index (χ4v) is 1.69. The van der Waals surface area contributed by atoms with Gasteiger partial charge in [0.1, 0.15) is 6.54 Å². The van der Waals surface area contributed by atoms with Crippen molar-refractivity contribution in [3.05, 3.63) is 35.9 Å². The second-order valence-electron chi connectivity index (χ2n) is 3.76. The Hall–Kier alpha value is -2.17. The average molecular weight is 232 g/mol. The van der Waals surface area contributed by atoms with Crippen molar-refractivity contribution in [1.82, 2.24) is 5.01 Å². The Morgan fingerprint density at radius 3 is 2.65 bits per heavy atom. The summed E-state index contributed by atoms with van der Waals surface area (Å²) in [5, 5.41) is 13.8. The van der Waals surface area contributed by atoms with E-state index in [0.29, 0.717) is 12.8 Å². The molecule has 0 spiro atoms. The lowest BCUT2D eigenvalue weighted by Crippen LogP contribution is -2.35. The first kappa shape index (κ1) is 11.3. The van der Waals surface area contributed by atoms with Gasteiger partial charge in [0.05, 0.1) is 5.71 Å². The Kier molecular flexibility index (Phi) is 3.18. The monoisotopic (exact) mass is 232 g/mol. The molecule has 1 aliphatic heterocycles. The molecule has 0 saturated carbocycles. The van der Waals surface area contributed by atoms with Crippen molar-refractivity contribution in [2.75, 3.05) is 6.54 Å². The van der Waals surface area contributed by atoms with Gasteiger partial charge in [-0.25, -0.2) is 5.01 Å². The molecule has 88 valence electrons. The van der Waals surface area contributed by atoms with Crippen molar-refractivity contribution in [3.8, 4) is 0 Å². The highest BCUT2D eigenvalue weighted by Crippen LogP contribution is 2.14. The molecule has 0 saturated heterocycles. The first-order chi connectivity index (χ1) is 8.16. The normalized spacial score (nSPS) is 15.6. The summed E-state index contributed by atoms with van der Waals surface area (Å²) in [6.45, 7) is -0.380. The number of hydrazone groups is 1. The molecule has 5 nitrogen and oxygen atoms in total. The Balaban J connectivity index is 2.24. The maximum absolute atomic E-state index is 11.5. The van der Waals surface area contributed by atoms with Crippen molar-refractivity contribution in [1.29, 1.82) is 0 Å². The number of carbonyl (C=O) groups excluding carboxylic acids is 1. The minimum Gasteiger partial charge on any atom is -0.480 e. The van der Waals surface area contributed by atoms with Crippen LogP contribution in [0.15, 0.2) is 35.4 Å². The van der Waals surface area contributed by atoms with Gasteiger partial charge in [-0.1, -0.05) is 30.3 Å². The van der Waals surface area contributed by atoms with E-state index in [1.54, 1.807) is 0 Å². The van der Waals surface area contributed by atoms with Crippen LogP contribution >= 0.6 is 0 Å². The molecule has 0 radical (unpaired) electrons. The summed E-state index contributed by atoms with van der Waals surface area (Å²) < 4.78 is 0. The van der Waals surface area contributed by atoms with E-state index < -0.39 is 5.97 Å². The molecule has 1 N–H and O–H groups in total. The molecule has 1 heterocycles. The number of benzene rings is 1. The first-order valence-corrected chi connectivity index (χ1v) is 5.32. The van der Waals surface area contributed by atoms with E-state index in [1.807, 2.05) is 30.3 Å². The molecule has 0 atom stereocenters. The number of carboxylic acid groups (broad SMARTS) is 1. The van der Waals surface area contributed by atoms with Gasteiger partial charge < -0.3 is 5.11 Å². The van der Waals surface area contributed by atoms with Crippen LogP contribution < -0.4 is 0 Å². The van der Waals surface area contributed by atoms with Gasteiger partial charge >= 0.3 is 5.97 Å². The van der Waals surface area contributed by atoms with Gasteiger partial charge in [-0.2, -0.15) is 5.10 Å². The van der Waals surface area contributed by atoms with E-state index in [0.717, 1.165) is 16.3 Å². The quantitative estimate of drug-likeness (QED) is 0.848. The highest BCUT2D eigenvalue weighted by molar-refractivity contribution is 6.04. The van der Waals surface area contributed by atoms with Crippen LogP contribution in [0.25, 0.3) is 0 Å². The van der Waals surface area contributed by atoms with Crippen LogP contribution in [0.2, 0.25) is 0 Å². The number of aliphatic carboxylic acids is 1. The standard InChI is InChI=1S/C12H12N2O3/c15-11-7-6-10(9-4-2-1-3-5-9)13-14(11)8-12(16)17/h1-5H,6-8H2,(H,16,17). The van der Waals surface area contributed by atoms with Gasteiger partial charge in [0.2, 0.25) is 5.91 Å². The summed E-state index contributed by atoms with van der Waals surface area (Å²) in [7, 11) is 0. The maximum Gasteiger partial charge on any atom is 0.325 e. The third-order valence-electron chi connectivity index (χ3n) is 2.50. The number of rotatable bonds is 3. The Morgan fingerprint density at radius 2 is 2.00 bits per heavy atom. The van der Waals surface area contributed by atoms with E-state index >= 15 is 0 Å². The molecule has 17 heavy (non-hydrogen) atoms. The van der Waals surface area contributed by atoms with Crippen LogP contribution in [0.3, 0.4) is 0 Å². The minimum atomic E-state index is -1.06. The molecule has 0 aromatic heterocycles. The maximum atomic E-state index is 11.5. The van der Waals surface area contributed by atoms with Gasteiger partial charge in [-0.05, 0) is 5.56 Å². The molecular formula is C12H12N2O3. The van der Waals surface area contributed by atoms with Crippen molar-refractivity contribution < 1.29 is 14.7 Å². The predicted octanol–water partition coefficient (Wildman–Crippen LogP) is 1.10. The average Bonchev–Trinajstić information content (AvgIpc) is 2.32. The summed E-state index contributed by atoms with van der Waals surface area (Å²) in [6, 6.07) is 9.46. The number of carboxylic acids is 1. The molecule has 1 aromatic rings. The second-order valence-corrected chi connectivity index (χ2v) is 3.76. The number of hydrogen-bond donors (Lipinski definition) is 1. The van der Waals surface area contributed by atoms with Crippen LogP contribution in [0.5, 0.6) is 0 Å². The van der Waals surface area contributed by atoms with Crippen LogP contribution in [0.4, 0.5) is 0 Å². The summed E-state index contributed by atoms with van der Waals surface area (Å²) >= 11 is 0. The summed E-state index contributed by atoms with van der Waals surface area (Å²) in [4.78, 5) is 22.1. The molecule has 0 bridgehead atoms. The topological polar surface area (TPSA) is 70.0 Å². The summed E-state index contributed by atoms with van der Waals surface area (Å²) in [5.74, 6) is -1.30. The van der Waals surface area contributed by atoms with Gasteiger partial charge in [-0.15, -0.1) is 0 Å². The molecular weight excluding hydrogens is 220 g/mol. The zero-order valence-corrected chi connectivity index (χ0v) is 9.17. The molecule has 5 heteroatoms. The van der Waals surface area contributed by atoms with Crippen molar-refractivity contribution in [2.45, 2.75) is 12.8 Å². The third-order valence-corrected chi connectivity index (χ3v) is 2.50. The highest BCUT2D eigenvalue weighted by Gasteiger charge is 2.22. The van der Waals surface area contributed by atoms with Crippen molar-refractivity contribution >= 4 is 17.6 Å². The highest BCUT2D eigenvalue weighted by atomic mass is 16.4. The molecule has 1 aromatic carbocycles. The fourth-order valence-electron chi connectivity index (χ4n) is 1.69. The van der Waals surface area contributed by atoms with E-state index in [1.165, 1.54) is 0 Å². The molecule has 1 aliphatic rings. The van der Waals surface area contributed by atoms with E-state index in [4.69, 9.17) is 5.11 Å². The Bertz CT molecular complexity index is 468. The van der Waals surface area contributed by atoms with Gasteiger partial charge in [-0.3, -0.25) is 9.59 Å². The molecule has 2 rings (SSSR count). The largest absolute Gasteiger partial charge is 0.480 e. The van der Waals surface area contributed by atoms with Gasteiger partial charge in [0.15, 0.2) is 0 Å². The molecule has 0 fully saturated rings. The zero-order chi connectivity index (χ0) is 12.3. The Morgan fingerprint density at radius 1 is 1.29 bits per heavy atom. The summed E-state index contributed by atoms with van der Waals surface area (Å²) in [5.41, 5.74) is 1.68. The lowest BCUT2D eigenvalue weighted by atomic mass is 10.0. The first-order valence-electron chi connectivity index (χ1n) is 5.32. The number of amides is 1. The molecule has 0 aliphatic carbocycles. The third kappa shape index (κ3) is 2.69. The fraction of sp³-hybridized carbons (Fsp3) is 0.250. The number of hydrogen-bond acceptors (Lipinski definition) is 3. The zero-order valence-electron chi connectivity index (χ0n) is 9.17. The predicted molar refractivity (Wildman–Crippen MR) is 61.6 cm³/mol. The van der Waals surface area contributed by atoms with Crippen LogP contribution in [0, 0.1) is 0 Å². The van der Waals surface area contributed by atoms with Crippen LogP contribution in [-0.2, 0) is 9.59 Å². The van der Waals surface area contributed by atoms with Gasteiger partial charge in [0, 0.05) is 12.8 Å². The van der Waals surface area contributed by atoms with Crippen LogP contribution in [-0.4, -0.2) is 34.2 Å². The summed E-state index contributed by atoms with van der Waals surface area (Å²) in [6.07, 6.45) is 0.861. The van der Waals surface area contributed by atoms with Crippen LogP contribution in [0.1, 0.15) is 18.4 Å². The smallest absolute Gasteiger partial charge is 0.325 e. The Labute approximate surface area is 98.4 Å². The minimum absolute atomic E-state index is 0.243. The van der Waals surface area contributed by atoms with Crippen molar-refractivity contribution in [2.24, 2.45) is 5.10 Å². The second kappa shape index (κ2) is 4.78. The number of carbonyl (C=O) groups is 2. The lowest BCUT2D eigenvalue weighted by molar-refractivity contribution is -0.144. The van der Waals surface area contributed by atoms with E-state index in [9.17, 15) is 9.59 Å². The lowest BCUT2D eigenvalue weighted by Gasteiger charge is -2.21. The van der Waals surface area contributed by atoms with Gasteiger partial charge in [0.25, 0.3) is 0 Å². The number of nitrogens with zero attached hydrogens (tertiary/aromatic N) is 2. The van der Waals surface area contributed by atoms with E-state index in [-0.39, 0.29) is 12.5 Å².